The second-order valence-electron chi connectivity index (χ2n) is 6.27. The summed E-state index contributed by atoms with van der Waals surface area (Å²) in [5.74, 6) is 1.36. The first-order valence-electron chi connectivity index (χ1n) is 8.16. The third-order valence-electron chi connectivity index (χ3n) is 4.21. The third-order valence-corrected chi connectivity index (χ3v) is 5.64. The Labute approximate surface area is 137 Å². The van der Waals surface area contributed by atoms with Gasteiger partial charge in [-0.05, 0) is 44.0 Å². The maximum absolute atomic E-state index is 12.4. The van der Waals surface area contributed by atoms with Crippen LogP contribution in [0.4, 0.5) is 0 Å². The Balaban J connectivity index is 1.60. The highest BCUT2D eigenvalue weighted by atomic mass is 32.2. The lowest BCUT2D eigenvalue weighted by atomic mass is 10.2. The minimum atomic E-state index is -3.53. The largest absolute Gasteiger partial charge is 0.486 e. The maximum Gasteiger partial charge on any atom is 0.240 e. The fourth-order valence-electron chi connectivity index (χ4n) is 3.00. The Kier molecular flexibility index (Phi) is 5.08. The average molecular weight is 340 g/mol. The van der Waals surface area contributed by atoms with Gasteiger partial charge in [0, 0.05) is 19.2 Å². The molecule has 1 fully saturated rings. The van der Waals surface area contributed by atoms with Crippen LogP contribution in [-0.4, -0.2) is 52.7 Å². The summed E-state index contributed by atoms with van der Waals surface area (Å²) >= 11 is 0. The van der Waals surface area contributed by atoms with Crippen LogP contribution in [0.1, 0.15) is 19.8 Å². The van der Waals surface area contributed by atoms with Crippen molar-refractivity contribution in [3.05, 3.63) is 18.2 Å². The third kappa shape index (κ3) is 4.16. The zero-order valence-electron chi connectivity index (χ0n) is 13.5. The van der Waals surface area contributed by atoms with Gasteiger partial charge in [-0.3, -0.25) is 0 Å². The molecular weight excluding hydrogens is 316 g/mol. The van der Waals surface area contributed by atoms with Crippen LogP contribution in [0.5, 0.6) is 11.5 Å². The molecule has 0 spiro atoms. The second-order valence-corrected chi connectivity index (χ2v) is 8.04. The number of hydrogen-bond acceptors (Lipinski definition) is 5. The van der Waals surface area contributed by atoms with E-state index in [1.54, 1.807) is 12.1 Å². The van der Waals surface area contributed by atoms with Gasteiger partial charge < -0.3 is 14.4 Å². The number of fused-ring (bicyclic) bond motifs is 1. The van der Waals surface area contributed by atoms with Crippen molar-refractivity contribution in [1.29, 1.82) is 0 Å². The fourth-order valence-corrected chi connectivity index (χ4v) is 4.18. The van der Waals surface area contributed by atoms with Gasteiger partial charge in [-0.25, -0.2) is 13.1 Å². The van der Waals surface area contributed by atoms with Crippen LogP contribution in [-0.2, 0) is 10.0 Å². The topological polar surface area (TPSA) is 67.9 Å². The normalized spacial score (nSPS) is 19.7. The Hall–Kier alpha value is -1.31. The van der Waals surface area contributed by atoms with Gasteiger partial charge in [0.2, 0.25) is 10.0 Å². The van der Waals surface area contributed by atoms with Gasteiger partial charge in [0.25, 0.3) is 0 Å². The molecule has 0 aromatic heterocycles. The van der Waals surface area contributed by atoms with Crippen LogP contribution in [0.25, 0.3) is 0 Å². The lowest BCUT2D eigenvalue weighted by Gasteiger charge is -2.21. The number of rotatable bonds is 6. The summed E-state index contributed by atoms with van der Waals surface area (Å²) in [5, 5.41) is 0. The molecule has 0 aliphatic carbocycles. The molecule has 1 saturated heterocycles. The van der Waals surface area contributed by atoms with Gasteiger partial charge >= 0.3 is 0 Å². The van der Waals surface area contributed by atoms with E-state index in [9.17, 15) is 8.42 Å². The number of likely N-dealkylation sites (tertiary alicyclic amines) is 1. The highest BCUT2D eigenvalue weighted by Gasteiger charge is 2.21. The van der Waals surface area contributed by atoms with E-state index >= 15 is 0 Å². The lowest BCUT2D eigenvalue weighted by molar-refractivity contribution is 0.171. The van der Waals surface area contributed by atoms with Crippen LogP contribution in [0.15, 0.2) is 23.1 Å². The zero-order chi connectivity index (χ0) is 16.3. The molecular formula is C16H24N2O4S. The van der Waals surface area contributed by atoms with Crippen molar-refractivity contribution in [2.75, 3.05) is 39.4 Å². The summed E-state index contributed by atoms with van der Waals surface area (Å²) in [6, 6.07) is 4.74. The van der Waals surface area contributed by atoms with E-state index in [4.69, 9.17) is 9.47 Å². The average Bonchev–Trinajstić information content (AvgIpc) is 3.05. The molecule has 6 nitrogen and oxygen atoms in total. The predicted octanol–water partition coefficient (Wildman–Crippen LogP) is 1.47. The van der Waals surface area contributed by atoms with Gasteiger partial charge in [-0.15, -0.1) is 0 Å². The zero-order valence-corrected chi connectivity index (χ0v) is 14.3. The minimum absolute atomic E-state index is 0.218. The Bertz CT molecular complexity index is 641. The van der Waals surface area contributed by atoms with Crippen molar-refractivity contribution < 1.29 is 17.9 Å². The Morgan fingerprint density at radius 2 is 1.87 bits per heavy atom. The standard InChI is InChI=1S/C16H24N2O4S/c1-13(12-18-6-2-3-7-18)11-17-23(19,20)14-4-5-15-16(10-14)22-9-8-21-15/h4-5,10,13,17H,2-3,6-9,11-12H2,1H3/t13-/m1/s1. The smallest absolute Gasteiger partial charge is 0.240 e. The van der Waals surface area contributed by atoms with Crippen molar-refractivity contribution >= 4 is 10.0 Å². The molecule has 0 saturated carbocycles. The van der Waals surface area contributed by atoms with Gasteiger partial charge in [0.15, 0.2) is 11.5 Å². The molecule has 2 aliphatic rings. The molecule has 1 aromatic carbocycles. The molecule has 1 atom stereocenters. The molecule has 2 aliphatic heterocycles. The number of sulfonamides is 1. The molecule has 0 unspecified atom stereocenters. The summed E-state index contributed by atoms with van der Waals surface area (Å²) in [4.78, 5) is 2.61. The molecule has 0 bridgehead atoms. The molecule has 3 rings (SSSR count). The molecule has 23 heavy (non-hydrogen) atoms. The fraction of sp³-hybridized carbons (Fsp3) is 0.625. The van der Waals surface area contributed by atoms with Crippen molar-refractivity contribution in [3.63, 3.8) is 0 Å². The van der Waals surface area contributed by atoms with E-state index in [2.05, 4.69) is 16.5 Å². The number of hydrogen-bond donors (Lipinski definition) is 1. The van der Waals surface area contributed by atoms with E-state index in [-0.39, 0.29) is 10.8 Å². The molecule has 128 valence electrons. The van der Waals surface area contributed by atoms with Crippen LogP contribution in [0.3, 0.4) is 0 Å². The van der Waals surface area contributed by atoms with Gasteiger partial charge in [-0.2, -0.15) is 0 Å². The summed E-state index contributed by atoms with van der Waals surface area (Å²) in [6.07, 6.45) is 2.49. The van der Waals surface area contributed by atoms with Crippen LogP contribution in [0, 0.1) is 5.92 Å². The van der Waals surface area contributed by atoms with Crippen molar-refractivity contribution in [2.24, 2.45) is 5.92 Å². The first kappa shape index (κ1) is 16.5. The van der Waals surface area contributed by atoms with Crippen LogP contribution >= 0.6 is 0 Å². The Morgan fingerprint density at radius 3 is 2.61 bits per heavy atom. The molecule has 7 heteroatoms. The maximum atomic E-state index is 12.4. The monoisotopic (exact) mass is 340 g/mol. The SMILES string of the molecule is C[C@H](CNS(=O)(=O)c1ccc2c(c1)OCCO2)CN1CCCC1. The molecule has 2 heterocycles. The highest BCUT2D eigenvalue weighted by Crippen LogP contribution is 2.32. The number of nitrogens with zero attached hydrogens (tertiary/aromatic N) is 1. The van der Waals surface area contributed by atoms with Crippen LogP contribution in [0.2, 0.25) is 0 Å². The number of ether oxygens (including phenoxy) is 2. The first-order valence-corrected chi connectivity index (χ1v) is 9.64. The molecule has 0 amide bonds. The predicted molar refractivity (Wildman–Crippen MR) is 87.5 cm³/mol. The quantitative estimate of drug-likeness (QED) is 0.849. The van der Waals surface area contributed by atoms with Crippen molar-refractivity contribution in [1.82, 2.24) is 9.62 Å². The lowest BCUT2D eigenvalue weighted by Crippen LogP contribution is -2.34. The summed E-state index contributed by atoms with van der Waals surface area (Å²) < 4.78 is 38.4. The van der Waals surface area contributed by atoms with E-state index in [1.807, 2.05) is 0 Å². The second kappa shape index (κ2) is 7.07. The van der Waals surface area contributed by atoms with Gasteiger partial charge in [0.1, 0.15) is 13.2 Å². The van der Waals surface area contributed by atoms with E-state index < -0.39 is 10.0 Å². The number of nitrogens with one attached hydrogen (secondary N) is 1. The first-order chi connectivity index (χ1) is 11.0. The van der Waals surface area contributed by atoms with E-state index in [0.29, 0.717) is 31.3 Å². The van der Waals surface area contributed by atoms with Gasteiger partial charge in [-0.1, -0.05) is 6.92 Å². The van der Waals surface area contributed by atoms with E-state index in [1.165, 1.54) is 18.9 Å². The van der Waals surface area contributed by atoms with E-state index in [0.717, 1.165) is 19.6 Å². The van der Waals surface area contributed by atoms with Gasteiger partial charge in [0.05, 0.1) is 4.90 Å². The Morgan fingerprint density at radius 1 is 1.17 bits per heavy atom. The molecule has 0 radical (unpaired) electrons. The molecule has 1 aromatic rings. The van der Waals surface area contributed by atoms with Crippen LogP contribution < -0.4 is 14.2 Å². The van der Waals surface area contributed by atoms with Crippen molar-refractivity contribution in [2.45, 2.75) is 24.7 Å². The summed E-state index contributed by atoms with van der Waals surface area (Å²) in [6.45, 7) is 6.63. The van der Waals surface area contributed by atoms with Crippen molar-refractivity contribution in [3.8, 4) is 11.5 Å². The molecule has 1 N–H and O–H groups in total. The summed E-state index contributed by atoms with van der Waals surface area (Å²) in [5.41, 5.74) is 0. The number of benzene rings is 1. The highest BCUT2D eigenvalue weighted by molar-refractivity contribution is 7.89. The minimum Gasteiger partial charge on any atom is -0.486 e. The summed E-state index contributed by atoms with van der Waals surface area (Å²) in [7, 11) is -3.53.